The Morgan fingerprint density at radius 1 is 1.18 bits per heavy atom. The number of ether oxygens (including phenoxy) is 2. The smallest absolute Gasteiger partial charge is 0.331 e. The molecule has 2 aromatic carbocycles. The minimum absolute atomic E-state index is 0.0422. The van der Waals surface area contributed by atoms with Crippen molar-refractivity contribution in [2.45, 2.75) is 6.92 Å². The second kappa shape index (κ2) is 9.31. The predicted octanol–water partition coefficient (Wildman–Crippen LogP) is 2.94. The first-order chi connectivity index (χ1) is 13.3. The lowest BCUT2D eigenvalue weighted by atomic mass is 10.1. The van der Waals surface area contributed by atoms with Crippen molar-refractivity contribution in [3.05, 3.63) is 59.4 Å². The van der Waals surface area contributed by atoms with Crippen molar-refractivity contribution in [3.63, 3.8) is 0 Å². The van der Waals surface area contributed by atoms with Gasteiger partial charge in [-0.1, -0.05) is 6.07 Å². The molecule has 0 saturated carbocycles. The number of carbonyl (C=O) groups is 3. The van der Waals surface area contributed by atoms with Crippen LogP contribution < -0.4 is 10.1 Å². The molecule has 2 aromatic rings. The van der Waals surface area contributed by atoms with Crippen molar-refractivity contribution in [2.24, 2.45) is 0 Å². The number of carbonyl (C=O) groups excluding carboxylic acids is 3. The summed E-state index contributed by atoms with van der Waals surface area (Å²) in [5.41, 5.74) is 0.525. The zero-order chi connectivity index (χ0) is 20.7. The highest BCUT2D eigenvalue weighted by atomic mass is 19.1. The molecule has 0 atom stereocenters. The lowest BCUT2D eigenvalue weighted by molar-refractivity contribution is -0.136. The van der Waals surface area contributed by atoms with Crippen molar-refractivity contribution >= 4 is 29.4 Å². The number of esters is 1. The number of aromatic hydroxyl groups is 1. The summed E-state index contributed by atoms with van der Waals surface area (Å²) >= 11 is 0. The average Bonchev–Trinajstić information content (AvgIpc) is 2.65. The predicted molar refractivity (Wildman–Crippen MR) is 99.7 cm³/mol. The summed E-state index contributed by atoms with van der Waals surface area (Å²) in [6.45, 7) is 0.636. The number of hydrogen-bond acceptors (Lipinski definition) is 6. The summed E-state index contributed by atoms with van der Waals surface area (Å²) in [6, 6.07) is 8.05. The van der Waals surface area contributed by atoms with Gasteiger partial charge >= 0.3 is 5.97 Å². The van der Waals surface area contributed by atoms with E-state index in [0.717, 1.165) is 12.1 Å². The number of phenols is 1. The summed E-state index contributed by atoms with van der Waals surface area (Å²) in [5, 5.41) is 11.9. The summed E-state index contributed by atoms with van der Waals surface area (Å²) in [7, 11) is 1.39. The highest BCUT2D eigenvalue weighted by molar-refractivity contribution is 5.99. The van der Waals surface area contributed by atoms with Gasteiger partial charge in [-0.3, -0.25) is 9.59 Å². The summed E-state index contributed by atoms with van der Waals surface area (Å²) in [6.07, 6.45) is 2.51. The molecule has 2 rings (SSSR count). The first kappa shape index (κ1) is 20.6. The van der Waals surface area contributed by atoms with Crippen LogP contribution in [-0.4, -0.2) is 36.5 Å². The van der Waals surface area contributed by atoms with Gasteiger partial charge in [0.05, 0.1) is 12.7 Å². The Hall–Kier alpha value is -3.68. The average molecular weight is 387 g/mol. The molecular formula is C20H18FNO6. The molecule has 0 unspecified atom stereocenters. The number of ketones is 1. The van der Waals surface area contributed by atoms with E-state index in [1.54, 1.807) is 6.07 Å². The van der Waals surface area contributed by atoms with Gasteiger partial charge in [0.25, 0.3) is 0 Å². The van der Waals surface area contributed by atoms with E-state index in [-0.39, 0.29) is 28.7 Å². The van der Waals surface area contributed by atoms with Crippen LogP contribution in [0.15, 0.2) is 42.5 Å². The Bertz CT molecular complexity index is 938. The first-order valence-electron chi connectivity index (χ1n) is 8.12. The molecule has 0 bridgehead atoms. The Balaban J connectivity index is 1.95. The minimum Gasteiger partial charge on any atom is -0.504 e. The number of anilines is 1. The molecule has 0 aromatic heterocycles. The SMILES string of the molecule is COc1cc(/C=C/C(=O)OCC(=O)c2ccc(NC(C)=O)cc2F)ccc1O. The quantitative estimate of drug-likeness (QED) is 0.430. The van der Waals surface area contributed by atoms with Gasteiger partial charge < -0.3 is 19.9 Å². The highest BCUT2D eigenvalue weighted by Gasteiger charge is 2.14. The van der Waals surface area contributed by atoms with Crippen molar-refractivity contribution in [1.82, 2.24) is 0 Å². The number of rotatable bonds is 7. The number of nitrogens with one attached hydrogen (secondary N) is 1. The minimum atomic E-state index is -0.834. The number of hydrogen-bond donors (Lipinski definition) is 2. The molecule has 7 nitrogen and oxygen atoms in total. The van der Waals surface area contributed by atoms with Crippen LogP contribution >= 0.6 is 0 Å². The maximum Gasteiger partial charge on any atom is 0.331 e. The maximum absolute atomic E-state index is 14.0. The third kappa shape index (κ3) is 5.66. The molecule has 1 amide bonds. The molecule has 8 heteroatoms. The van der Waals surface area contributed by atoms with Crippen LogP contribution in [0, 0.1) is 5.82 Å². The van der Waals surface area contributed by atoms with Crippen LogP contribution in [0.5, 0.6) is 11.5 Å². The largest absolute Gasteiger partial charge is 0.504 e. The molecule has 0 heterocycles. The third-order valence-electron chi connectivity index (χ3n) is 3.55. The summed E-state index contributed by atoms with van der Waals surface area (Å²) in [4.78, 5) is 34.7. The Morgan fingerprint density at radius 3 is 2.57 bits per heavy atom. The lowest BCUT2D eigenvalue weighted by Gasteiger charge is -2.06. The van der Waals surface area contributed by atoms with E-state index >= 15 is 0 Å². The Morgan fingerprint density at radius 2 is 1.93 bits per heavy atom. The molecule has 0 aliphatic carbocycles. The molecule has 0 radical (unpaired) electrons. The van der Waals surface area contributed by atoms with E-state index < -0.39 is 24.2 Å². The van der Waals surface area contributed by atoms with Crippen LogP contribution in [0.25, 0.3) is 6.08 Å². The topological polar surface area (TPSA) is 102 Å². The van der Waals surface area contributed by atoms with Crippen LogP contribution in [0.4, 0.5) is 10.1 Å². The molecule has 2 N–H and O–H groups in total. The summed E-state index contributed by atoms with van der Waals surface area (Å²) in [5.74, 6) is -2.52. The molecule has 0 aliphatic heterocycles. The zero-order valence-corrected chi connectivity index (χ0v) is 15.2. The van der Waals surface area contributed by atoms with Crippen LogP contribution in [-0.2, 0) is 14.3 Å². The fourth-order valence-electron chi connectivity index (χ4n) is 2.25. The fraction of sp³-hybridized carbons (Fsp3) is 0.150. The van der Waals surface area contributed by atoms with Crippen molar-refractivity contribution < 1.29 is 33.4 Å². The van der Waals surface area contributed by atoms with Gasteiger partial charge in [0.1, 0.15) is 5.82 Å². The molecule has 0 aliphatic rings. The molecule has 0 saturated heterocycles. The summed E-state index contributed by atoms with van der Waals surface area (Å²) < 4.78 is 23.8. The van der Waals surface area contributed by atoms with Crippen molar-refractivity contribution in [3.8, 4) is 11.5 Å². The van der Waals surface area contributed by atoms with Gasteiger partial charge in [-0.15, -0.1) is 0 Å². The van der Waals surface area contributed by atoms with Gasteiger partial charge in [-0.2, -0.15) is 0 Å². The Kier molecular flexibility index (Phi) is 6.86. The van der Waals surface area contributed by atoms with Gasteiger partial charge in [0.2, 0.25) is 11.7 Å². The van der Waals surface area contributed by atoms with Crippen LogP contribution in [0.3, 0.4) is 0 Å². The van der Waals surface area contributed by atoms with E-state index in [9.17, 15) is 23.9 Å². The van der Waals surface area contributed by atoms with E-state index in [1.807, 2.05) is 0 Å². The third-order valence-corrected chi connectivity index (χ3v) is 3.55. The van der Waals surface area contributed by atoms with Gasteiger partial charge in [-0.25, -0.2) is 9.18 Å². The van der Waals surface area contributed by atoms with Crippen molar-refractivity contribution in [2.75, 3.05) is 19.0 Å². The number of phenolic OH excluding ortho intramolecular Hbond substituents is 1. The zero-order valence-electron chi connectivity index (χ0n) is 15.2. The number of halogens is 1. The molecule has 146 valence electrons. The van der Waals surface area contributed by atoms with Crippen molar-refractivity contribution in [1.29, 1.82) is 0 Å². The van der Waals surface area contributed by atoms with E-state index in [2.05, 4.69) is 5.32 Å². The standard InChI is InChI=1S/C20H18FNO6/c1-12(23)22-14-5-6-15(16(21)10-14)18(25)11-28-20(26)8-4-13-3-7-17(24)19(9-13)27-2/h3-10,24H,11H2,1-2H3,(H,22,23)/b8-4+. The van der Waals surface area contributed by atoms with Crippen LogP contribution in [0.2, 0.25) is 0 Å². The van der Waals surface area contributed by atoms with Gasteiger partial charge in [-0.05, 0) is 42.0 Å². The molecular weight excluding hydrogens is 369 g/mol. The first-order valence-corrected chi connectivity index (χ1v) is 8.12. The normalized spacial score (nSPS) is 10.5. The molecule has 0 spiro atoms. The van der Waals surface area contributed by atoms with E-state index in [0.29, 0.717) is 5.56 Å². The highest BCUT2D eigenvalue weighted by Crippen LogP contribution is 2.26. The number of benzene rings is 2. The molecule has 28 heavy (non-hydrogen) atoms. The number of Topliss-reactive ketones (excluding diaryl/α,β-unsaturated/α-hetero) is 1. The number of methoxy groups -OCH3 is 1. The molecule has 0 fully saturated rings. The van der Waals surface area contributed by atoms with Crippen LogP contribution in [0.1, 0.15) is 22.8 Å². The maximum atomic E-state index is 14.0. The fourth-order valence-corrected chi connectivity index (χ4v) is 2.25. The van der Waals surface area contributed by atoms with E-state index in [4.69, 9.17) is 9.47 Å². The monoisotopic (exact) mass is 387 g/mol. The lowest BCUT2D eigenvalue weighted by Crippen LogP contribution is -2.14. The van der Waals surface area contributed by atoms with Gasteiger partial charge in [0, 0.05) is 18.7 Å². The Labute approximate surface area is 160 Å². The van der Waals surface area contributed by atoms with Gasteiger partial charge in [0.15, 0.2) is 18.1 Å². The second-order valence-corrected chi connectivity index (χ2v) is 5.67. The van der Waals surface area contributed by atoms with E-state index in [1.165, 1.54) is 44.4 Å². The number of amides is 1. The second-order valence-electron chi connectivity index (χ2n) is 5.67.